The van der Waals surface area contributed by atoms with Gasteiger partial charge in [-0.15, -0.1) is 0 Å². The van der Waals surface area contributed by atoms with Crippen LogP contribution in [0.2, 0.25) is 10.0 Å². The van der Waals surface area contributed by atoms with Gasteiger partial charge in [-0.25, -0.2) is 4.79 Å². The van der Waals surface area contributed by atoms with Gasteiger partial charge in [-0.1, -0.05) is 43.1 Å². The molecule has 1 atom stereocenters. The number of carbonyl (C=O) groups excluding carboxylic acids is 1. The van der Waals surface area contributed by atoms with E-state index >= 15 is 0 Å². The number of amides is 2. The smallest absolute Gasteiger partial charge is 0.319 e. The van der Waals surface area contributed by atoms with E-state index in [1.54, 1.807) is 18.2 Å². The molecule has 1 aromatic carbocycles. The molecule has 0 aromatic heterocycles. The Hall–Kier alpha value is -1.46. The highest BCUT2D eigenvalue weighted by atomic mass is 35.5. The molecule has 1 unspecified atom stereocenters. The molecule has 2 amide bonds. The van der Waals surface area contributed by atoms with Crippen molar-refractivity contribution in [1.82, 2.24) is 5.32 Å². The largest absolute Gasteiger partial charge is 0.481 e. The lowest BCUT2D eigenvalue weighted by atomic mass is 9.97. The predicted molar refractivity (Wildman–Crippen MR) is 84.1 cm³/mol. The normalized spacial score (nSPS) is 12.0. The van der Waals surface area contributed by atoms with Gasteiger partial charge in [0.05, 0.1) is 21.7 Å². The number of carboxylic acids is 1. The van der Waals surface area contributed by atoms with Crippen molar-refractivity contribution in [3.05, 3.63) is 28.2 Å². The van der Waals surface area contributed by atoms with Crippen LogP contribution >= 0.6 is 23.2 Å². The Morgan fingerprint density at radius 2 is 1.81 bits per heavy atom. The third-order valence-corrected chi connectivity index (χ3v) is 3.45. The van der Waals surface area contributed by atoms with Crippen LogP contribution in [-0.2, 0) is 4.79 Å². The van der Waals surface area contributed by atoms with Gasteiger partial charge in [0.2, 0.25) is 0 Å². The molecular weight excluding hydrogens is 315 g/mol. The Labute approximate surface area is 133 Å². The zero-order valence-corrected chi connectivity index (χ0v) is 13.3. The molecule has 0 saturated heterocycles. The van der Waals surface area contributed by atoms with Gasteiger partial charge in [0, 0.05) is 6.54 Å². The van der Waals surface area contributed by atoms with Crippen LogP contribution in [0, 0.1) is 11.8 Å². The van der Waals surface area contributed by atoms with Crippen LogP contribution in [0.15, 0.2) is 18.2 Å². The summed E-state index contributed by atoms with van der Waals surface area (Å²) in [7, 11) is 0. The van der Waals surface area contributed by atoms with E-state index < -0.39 is 17.9 Å². The number of aliphatic carboxylic acids is 1. The summed E-state index contributed by atoms with van der Waals surface area (Å²) in [6, 6.07) is 4.32. The Morgan fingerprint density at radius 1 is 1.24 bits per heavy atom. The highest BCUT2D eigenvalue weighted by Gasteiger charge is 2.20. The SMILES string of the molecule is CC(C)CC(CNC(=O)Nc1c(Cl)cccc1Cl)C(=O)O. The molecule has 1 aromatic rings. The zero-order chi connectivity index (χ0) is 16.0. The maximum Gasteiger partial charge on any atom is 0.319 e. The van der Waals surface area contributed by atoms with Crippen molar-refractivity contribution < 1.29 is 14.7 Å². The summed E-state index contributed by atoms with van der Waals surface area (Å²) < 4.78 is 0. The first-order valence-electron chi connectivity index (χ1n) is 6.53. The summed E-state index contributed by atoms with van der Waals surface area (Å²) in [5, 5.41) is 14.8. The van der Waals surface area contributed by atoms with E-state index in [0.717, 1.165) is 0 Å². The van der Waals surface area contributed by atoms with Crippen LogP contribution in [0.4, 0.5) is 10.5 Å². The molecule has 0 saturated carbocycles. The van der Waals surface area contributed by atoms with E-state index in [4.69, 9.17) is 28.3 Å². The van der Waals surface area contributed by atoms with E-state index in [0.29, 0.717) is 22.2 Å². The van der Waals surface area contributed by atoms with Gasteiger partial charge in [0.1, 0.15) is 0 Å². The molecule has 0 bridgehead atoms. The average Bonchev–Trinajstić information content (AvgIpc) is 2.38. The summed E-state index contributed by atoms with van der Waals surface area (Å²) in [5.74, 6) is -1.33. The van der Waals surface area contributed by atoms with Gasteiger partial charge in [-0.3, -0.25) is 4.79 Å². The van der Waals surface area contributed by atoms with Crippen molar-refractivity contribution >= 4 is 40.9 Å². The highest BCUT2D eigenvalue weighted by molar-refractivity contribution is 6.39. The van der Waals surface area contributed by atoms with Crippen molar-refractivity contribution in [3.63, 3.8) is 0 Å². The first-order chi connectivity index (χ1) is 9.81. The number of para-hydroxylation sites is 1. The van der Waals surface area contributed by atoms with Crippen LogP contribution < -0.4 is 10.6 Å². The van der Waals surface area contributed by atoms with Crippen molar-refractivity contribution in [3.8, 4) is 0 Å². The summed E-state index contributed by atoms with van der Waals surface area (Å²) >= 11 is 11.9. The first kappa shape index (κ1) is 17.6. The second kappa shape index (κ2) is 8.10. The lowest BCUT2D eigenvalue weighted by Crippen LogP contribution is -2.36. The second-order valence-electron chi connectivity index (χ2n) is 5.10. The fourth-order valence-corrected chi connectivity index (χ4v) is 2.32. The zero-order valence-electron chi connectivity index (χ0n) is 11.8. The minimum absolute atomic E-state index is 0.0431. The summed E-state index contributed by atoms with van der Waals surface area (Å²) in [6.07, 6.45) is 0.489. The number of hydrogen-bond acceptors (Lipinski definition) is 2. The number of nitrogens with one attached hydrogen (secondary N) is 2. The van der Waals surface area contributed by atoms with Crippen LogP contribution in [0.5, 0.6) is 0 Å². The Kier molecular flexibility index (Phi) is 6.78. The summed E-state index contributed by atoms with van der Waals surface area (Å²) in [6.45, 7) is 3.90. The monoisotopic (exact) mass is 332 g/mol. The van der Waals surface area contributed by atoms with Crippen LogP contribution in [0.1, 0.15) is 20.3 Å². The van der Waals surface area contributed by atoms with Crippen LogP contribution in [0.3, 0.4) is 0 Å². The van der Waals surface area contributed by atoms with Crippen LogP contribution in [0.25, 0.3) is 0 Å². The molecule has 0 radical (unpaired) electrons. The molecule has 7 heteroatoms. The highest BCUT2D eigenvalue weighted by Crippen LogP contribution is 2.29. The van der Waals surface area contributed by atoms with E-state index in [9.17, 15) is 9.59 Å². The van der Waals surface area contributed by atoms with E-state index in [2.05, 4.69) is 10.6 Å². The van der Waals surface area contributed by atoms with Crippen molar-refractivity contribution in [2.45, 2.75) is 20.3 Å². The second-order valence-corrected chi connectivity index (χ2v) is 5.91. The number of urea groups is 1. The Morgan fingerprint density at radius 3 is 2.29 bits per heavy atom. The van der Waals surface area contributed by atoms with Crippen LogP contribution in [-0.4, -0.2) is 23.7 Å². The standard InChI is InChI=1S/C14H18Cl2N2O3/c1-8(2)6-9(13(19)20)7-17-14(21)18-12-10(15)4-3-5-11(12)16/h3-5,8-9H,6-7H2,1-2H3,(H,19,20)(H2,17,18,21). The minimum atomic E-state index is -0.931. The van der Waals surface area contributed by atoms with Gasteiger partial charge < -0.3 is 15.7 Å². The fourth-order valence-electron chi connectivity index (χ4n) is 1.83. The topological polar surface area (TPSA) is 78.4 Å². The number of rotatable bonds is 6. The number of halogens is 2. The molecule has 0 aliphatic heterocycles. The molecule has 0 heterocycles. The predicted octanol–water partition coefficient (Wildman–Crippen LogP) is 3.86. The molecule has 0 fully saturated rings. The van der Waals surface area contributed by atoms with Gasteiger partial charge in [-0.2, -0.15) is 0 Å². The van der Waals surface area contributed by atoms with Crippen molar-refractivity contribution in [2.24, 2.45) is 11.8 Å². The fraction of sp³-hybridized carbons (Fsp3) is 0.429. The third kappa shape index (κ3) is 5.81. The van der Waals surface area contributed by atoms with Gasteiger partial charge >= 0.3 is 12.0 Å². The molecular formula is C14H18Cl2N2O3. The van der Waals surface area contributed by atoms with E-state index in [1.165, 1.54) is 0 Å². The lowest BCUT2D eigenvalue weighted by molar-refractivity contribution is -0.142. The van der Waals surface area contributed by atoms with E-state index in [1.807, 2.05) is 13.8 Å². The van der Waals surface area contributed by atoms with E-state index in [-0.39, 0.29) is 12.5 Å². The molecule has 1 rings (SSSR count). The number of carboxylic acid groups (broad SMARTS) is 1. The van der Waals surface area contributed by atoms with Crippen molar-refractivity contribution in [1.29, 1.82) is 0 Å². The maximum atomic E-state index is 11.8. The molecule has 0 spiro atoms. The summed E-state index contributed by atoms with van der Waals surface area (Å²) in [4.78, 5) is 22.9. The molecule has 0 aliphatic rings. The molecule has 3 N–H and O–H groups in total. The Balaban J connectivity index is 2.59. The van der Waals surface area contributed by atoms with Gasteiger partial charge in [-0.05, 0) is 24.5 Å². The quantitative estimate of drug-likeness (QED) is 0.740. The first-order valence-corrected chi connectivity index (χ1v) is 7.28. The molecule has 0 aliphatic carbocycles. The number of benzene rings is 1. The minimum Gasteiger partial charge on any atom is -0.481 e. The number of anilines is 1. The number of hydrogen-bond donors (Lipinski definition) is 3. The third-order valence-electron chi connectivity index (χ3n) is 2.82. The van der Waals surface area contributed by atoms with Gasteiger partial charge in [0.25, 0.3) is 0 Å². The maximum absolute atomic E-state index is 11.8. The van der Waals surface area contributed by atoms with Crippen molar-refractivity contribution in [2.75, 3.05) is 11.9 Å². The Bertz CT molecular complexity index is 501. The molecule has 21 heavy (non-hydrogen) atoms. The lowest BCUT2D eigenvalue weighted by Gasteiger charge is -2.16. The summed E-state index contributed by atoms with van der Waals surface area (Å²) in [5.41, 5.74) is 0.300. The van der Waals surface area contributed by atoms with Gasteiger partial charge in [0.15, 0.2) is 0 Å². The molecule has 5 nitrogen and oxygen atoms in total. The number of carbonyl (C=O) groups is 2. The molecule has 116 valence electrons. The average molecular weight is 333 g/mol.